The number of rotatable bonds is 8. The van der Waals surface area contributed by atoms with Crippen LogP contribution in [-0.4, -0.2) is 63.8 Å². The van der Waals surface area contributed by atoms with Crippen molar-refractivity contribution in [3.8, 4) is 0 Å². The van der Waals surface area contributed by atoms with Crippen LogP contribution in [0.5, 0.6) is 0 Å². The first kappa shape index (κ1) is 27.3. The Kier molecular flexibility index (Phi) is 9.40. The van der Waals surface area contributed by atoms with Gasteiger partial charge in [0.1, 0.15) is 18.1 Å². The molecular weight excluding hydrogens is 521 g/mol. The summed E-state index contributed by atoms with van der Waals surface area (Å²) in [7, 11) is 0. The number of aromatic nitrogens is 3. The predicted molar refractivity (Wildman–Crippen MR) is 127 cm³/mol. The fourth-order valence-corrected chi connectivity index (χ4v) is 5.19. The molecule has 0 aliphatic carbocycles. The smallest absolute Gasteiger partial charge is 0.360 e. The van der Waals surface area contributed by atoms with Crippen LogP contribution in [0.25, 0.3) is 0 Å². The summed E-state index contributed by atoms with van der Waals surface area (Å²) in [4.78, 5) is 36.4. The molecule has 35 heavy (non-hydrogen) atoms. The summed E-state index contributed by atoms with van der Waals surface area (Å²) in [5.74, 6) is -2.00. The zero-order valence-electron chi connectivity index (χ0n) is 19.5. The van der Waals surface area contributed by atoms with Crippen molar-refractivity contribution in [3.05, 3.63) is 40.1 Å². The molecule has 0 spiro atoms. The quantitative estimate of drug-likeness (QED) is 0.356. The van der Waals surface area contributed by atoms with Crippen molar-refractivity contribution in [1.29, 1.82) is 0 Å². The Morgan fingerprint density at radius 3 is 2.51 bits per heavy atom. The lowest BCUT2D eigenvalue weighted by atomic mass is 9.90. The highest BCUT2D eigenvalue weighted by Gasteiger charge is 2.48. The number of esters is 3. The lowest BCUT2D eigenvalue weighted by Gasteiger charge is -2.44. The Morgan fingerprint density at radius 1 is 1.14 bits per heavy atom. The summed E-state index contributed by atoms with van der Waals surface area (Å²) < 4.78 is 23.5. The second-order valence-electron chi connectivity index (χ2n) is 7.77. The van der Waals surface area contributed by atoms with Crippen molar-refractivity contribution in [1.82, 2.24) is 15.0 Å². The van der Waals surface area contributed by atoms with Crippen LogP contribution >= 0.6 is 35.0 Å². The minimum absolute atomic E-state index is 0.0114. The van der Waals surface area contributed by atoms with Crippen molar-refractivity contribution >= 4 is 52.9 Å². The molecule has 1 aromatic carbocycles. The Bertz CT molecular complexity index is 1080. The number of benzene rings is 1. The summed E-state index contributed by atoms with van der Waals surface area (Å²) in [5, 5.41) is 8.84. The molecule has 1 aliphatic heterocycles. The zero-order valence-corrected chi connectivity index (χ0v) is 21.8. The van der Waals surface area contributed by atoms with Crippen LogP contribution in [0.2, 0.25) is 10.0 Å². The molecule has 2 aromatic rings. The number of hydrogen-bond acceptors (Lipinski definition) is 10. The molecule has 13 heteroatoms. The standard InChI is InChI=1S/C22H25Cl2N3O7S/c1-5-31-21(30)17-9-27(26-25-17)19-11(2)22(35-14-6-7-15(23)16(24)8-14)34-18(10-32-12(3)28)20(19)33-13(4)29/h6-9,11,18-20,22H,5,10H2,1-4H3/t11?,18?,19-,20+,22-/m1/s1. The number of carbonyl (C=O) groups is 3. The molecular formula is C22H25Cl2N3O7S. The number of nitrogens with zero attached hydrogens (tertiary/aromatic N) is 3. The van der Waals surface area contributed by atoms with Crippen molar-refractivity contribution in [3.63, 3.8) is 0 Å². The van der Waals surface area contributed by atoms with E-state index >= 15 is 0 Å². The summed E-state index contributed by atoms with van der Waals surface area (Å²) in [6.45, 7) is 6.14. The third-order valence-electron chi connectivity index (χ3n) is 5.18. The Balaban J connectivity index is 1.98. The minimum atomic E-state index is -0.885. The molecule has 1 fully saturated rings. The lowest BCUT2D eigenvalue weighted by molar-refractivity contribution is -0.191. The van der Waals surface area contributed by atoms with Crippen molar-refractivity contribution in [2.24, 2.45) is 5.92 Å². The van der Waals surface area contributed by atoms with E-state index in [1.165, 1.54) is 36.5 Å². The van der Waals surface area contributed by atoms with Gasteiger partial charge in [-0.15, -0.1) is 5.10 Å². The number of carbonyl (C=O) groups excluding carboxylic acids is 3. The van der Waals surface area contributed by atoms with Gasteiger partial charge < -0.3 is 18.9 Å². The SMILES string of the molecule is CCOC(=O)c1cn([C@@H]2C(C)[C@@H](Sc3ccc(Cl)c(Cl)c3)OC(COC(C)=O)[C@@H]2OC(C)=O)nn1. The molecule has 5 atom stereocenters. The monoisotopic (exact) mass is 545 g/mol. The molecule has 0 bridgehead atoms. The topological polar surface area (TPSA) is 119 Å². The molecule has 2 unspecified atom stereocenters. The number of thioether (sulfide) groups is 1. The van der Waals surface area contributed by atoms with E-state index in [2.05, 4.69) is 10.3 Å². The Morgan fingerprint density at radius 2 is 1.89 bits per heavy atom. The van der Waals surface area contributed by atoms with Crippen LogP contribution in [0.3, 0.4) is 0 Å². The van der Waals surface area contributed by atoms with E-state index in [9.17, 15) is 14.4 Å². The highest BCUT2D eigenvalue weighted by Crippen LogP contribution is 2.43. The van der Waals surface area contributed by atoms with Gasteiger partial charge in [-0.05, 0) is 25.1 Å². The summed E-state index contributed by atoms with van der Waals surface area (Å²) in [6.07, 6.45) is -0.270. The first-order chi connectivity index (χ1) is 16.6. The van der Waals surface area contributed by atoms with Gasteiger partial charge in [-0.1, -0.05) is 47.1 Å². The maximum atomic E-state index is 12.2. The van der Waals surface area contributed by atoms with E-state index in [4.69, 9.17) is 42.1 Å². The van der Waals surface area contributed by atoms with Gasteiger partial charge in [0, 0.05) is 24.7 Å². The van der Waals surface area contributed by atoms with Gasteiger partial charge in [0.25, 0.3) is 0 Å². The third kappa shape index (κ3) is 6.87. The summed E-state index contributed by atoms with van der Waals surface area (Å²) in [6, 6.07) is 4.59. The molecule has 0 radical (unpaired) electrons. The van der Waals surface area contributed by atoms with E-state index in [1.807, 2.05) is 6.92 Å². The van der Waals surface area contributed by atoms with E-state index in [0.29, 0.717) is 10.0 Å². The summed E-state index contributed by atoms with van der Waals surface area (Å²) in [5.41, 5.74) is -0.489. The largest absolute Gasteiger partial charge is 0.463 e. The molecule has 10 nitrogen and oxygen atoms in total. The van der Waals surface area contributed by atoms with Crippen LogP contribution < -0.4 is 0 Å². The second-order valence-corrected chi connectivity index (χ2v) is 9.75. The highest BCUT2D eigenvalue weighted by atomic mass is 35.5. The van der Waals surface area contributed by atoms with Crippen LogP contribution in [0, 0.1) is 5.92 Å². The average molecular weight is 546 g/mol. The van der Waals surface area contributed by atoms with Gasteiger partial charge >= 0.3 is 17.9 Å². The predicted octanol–water partition coefficient (Wildman–Crippen LogP) is 3.95. The van der Waals surface area contributed by atoms with E-state index in [-0.39, 0.29) is 24.8 Å². The molecule has 0 N–H and O–H groups in total. The van der Waals surface area contributed by atoms with Gasteiger partial charge in [-0.3, -0.25) is 9.59 Å². The number of ether oxygens (including phenoxy) is 4. The van der Waals surface area contributed by atoms with Gasteiger partial charge in [-0.2, -0.15) is 0 Å². The van der Waals surface area contributed by atoms with Gasteiger partial charge in [-0.25, -0.2) is 9.48 Å². The van der Waals surface area contributed by atoms with Gasteiger partial charge in [0.05, 0.1) is 28.9 Å². The number of hydrogen-bond donors (Lipinski definition) is 0. The molecule has 190 valence electrons. The third-order valence-corrected chi connectivity index (χ3v) is 7.21. The Labute approximate surface area is 216 Å². The normalized spacial score (nSPS) is 24.0. The first-order valence-corrected chi connectivity index (χ1v) is 12.4. The molecule has 3 rings (SSSR count). The van der Waals surface area contributed by atoms with Crippen LogP contribution in [0.15, 0.2) is 29.3 Å². The van der Waals surface area contributed by atoms with E-state index in [0.717, 1.165) is 4.90 Å². The van der Waals surface area contributed by atoms with Crippen molar-refractivity contribution < 1.29 is 33.3 Å². The maximum Gasteiger partial charge on any atom is 0.360 e. The van der Waals surface area contributed by atoms with Crippen LogP contribution in [-0.2, 0) is 28.5 Å². The van der Waals surface area contributed by atoms with Crippen molar-refractivity contribution in [2.75, 3.05) is 13.2 Å². The van der Waals surface area contributed by atoms with Gasteiger partial charge in [0.2, 0.25) is 0 Å². The second kappa shape index (κ2) is 12.1. The zero-order chi connectivity index (χ0) is 25.7. The molecule has 1 aliphatic rings. The van der Waals surface area contributed by atoms with Gasteiger partial charge in [0.15, 0.2) is 11.8 Å². The molecule has 0 amide bonds. The van der Waals surface area contributed by atoms with Crippen LogP contribution in [0.1, 0.15) is 44.2 Å². The minimum Gasteiger partial charge on any atom is -0.463 e. The van der Waals surface area contributed by atoms with E-state index in [1.54, 1.807) is 25.1 Å². The molecule has 1 saturated heterocycles. The fourth-order valence-electron chi connectivity index (χ4n) is 3.66. The maximum absolute atomic E-state index is 12.2. The Hall–Kier alpha value is -2.34. The fraction of sp³-hybridized carbons (Fsp3) is 0.500. The van der Waals surface area contributed by atoms with Crippen molar-refractivity contribution in [2.45, 2.75) is 56.3 Å². The summed E-state index contributed by atoms with van der Waals surface area (Å²) >= 11 is 13.6. The highest BCUT2D eigenvalue weighted by molar-refractivity contribution is 7.99. The molecule has 1 aromatic heterocycles. The number of halogens is 2. The van der Waals surface area contributed by atoms with Crippen LogP contribution in [0.4, 0.5) is 0 Å². The lowest BCUT2D eigenvalue weighted by Crippen LogP contribution is -2.53. The van der Waals surface area contributed by atoms with E-state index < -0.39 is 41.6 Å². The average Bonchev–Trinajstić information content (AvgIpc) is 3.27. The molecule has 0 saturated carbocycles. The molecule has 2 heterocycles. The first-order valence-electron chi connectivity index (χ1n) is 10.8.